The van der Waals surface area contributed by atoms with Crippen molar-refractivity contribution in [2.75, 3.05) is 13.7 Å². The maximum absolute atomic E-state index is 10.6. The molecular weight excluding hydrogens is 158 g/mol. The highest BCUT2D eigenvalue weighted by atomic mass is 16.8. The molecule has 0 heterocycles. The molecule has 0 amide bonds. The van der Waals surface area contributed by atoms with E-state index >= 15 is 0 Å². The second-order valence-corrected chi connectivity index (χ2v) is 3.47. The summed E-state index contributed by atoms with van der Waals surface area (Å²) in [6.07, 6.45) is 2.78. The number of hydroxylamine groups is 1. The maximum atomic E-state index is 10.6. The minimum absolute atomic E-state index is 0.430. The summed E-state index contributed by atoms with van der Waals surface area (Å²) in [4.78, 5) is 15.0. The second kappa shape index (κ2) is 3.76. The van der Waals surface area contributed by atoms with Gasteiger partial charge in [-0.1, -0.05) is 6.92 Å². The first-order valence-corrected chi connectivity index (χ1v) is 4.17. The zero-order valence-electron chi connectivity index (χ0n) is 7.55. The Labute approximate surface area is 72.2 Å². The summed E-state index contributed by atoms with van der Waals surface area (Å²) in [6.45, 7) is 2.65. The number of rotatable bonds is 4. The lowest BCUT2D eigenvalue weighted by molar-refractivity contribution is 0.0214. The molecule has 4 nitrogen and oxygen atoms in total. The highest BCUT2D eigenvalue weighted by Crippen LogP contribution is 2.47. The van der Waals surface area contributed by atoms with Crippen molar-refractivity contribution >= 4 is 6.16 Å². The SMILES string of the molecule is CNOC(=O)OCCC1(C)CC1. The normalized spacial score (nSPS) is 18.5. The Hall–Kier alpha value is -0.770. The van der Waals surface area contributed by atoms with E-state index in [1.165, 1.54) is 19.9 Å². The molecule has 1 saturated carbocycles. The van der Waals surface area contributed by atoms with Crippen molar-refractivity contribution in [2.45, 2.75) is 26.2 Å². The van der Waals surface area contributed by atoms with Crippen molar-refractivity contribution < 1.29 is 14.4 Å². The summed E-state index contributed by atoms with van der Waals surface area (Å²) in [5.41, 5.74) is 2.69. The van der Waals surface area contributed by atoms with Gasteiger partial charge in [0.05, 0.1) is 6.61 Å². The zero-order chi connectivity index (χ0) is 9.03. The van der Waals surface area contributed by atoms with Crippen LogP contribution in [0.15, 0.2) is 0 Å². The molecule has 0 saturated heterocycles. The van der Waals surface area contributed by atoms with Gasteiger partial charge in [0.2, 0.25) is 0 Å². The van der Waals surface area contributed by atoms with Crippen LogP contribution in [0, 0.1) is 5.41 Å². The number of ether oxygens (including phenoxy) is 1. The molecule has 1 fully saturated rings. The quantitative estimate of drug-likeness (QED) is 0.516. The molecule has 0 radical (unpaired) electrons. The average Bonchev–Trinajstić information content (AvgIpc) is 2.69. The largest absolute Gasteiger partial charge is 0.527 e. The van der Waals surface area contributed by atoms with Gasteiger partial charge >= 0.3 is 6.16 Å². The molecule has 1 rings (SSSR count). The molecule has 0 aliphatic heterocycles. The minimum atomic E-state index is -0.651. The van der Waals surface area contributed by atoms with Crippen LogP contribution in [0.3, 0.4) is 0 Å². The van der Waals surface area contributed by atoms with Gasteiger partial charge in [0.15, 0.2) is 0 Å². The summed E-state index contributed by atoms with van der Waals surface area (Å²) in [5.74, 6) is 0. The molecule has 1 aliphatic carbocycles. The standard InChI is InChI=1S/C8H15NO3/c1-8(3-4-8)5-6-11-7(10)12-9-2/h9H,3-6H2,1-2H3. The summed E-state index contributed by atoms with van der Waals surface area (Å²) >= 11 is 0. The summed E-state index contributed by atoms with van der Waals surface area (Å²) in [6, 6.07) is 0. The maximum Gasteiger partial charge on any atom is 0.527 e. The molecule has 70 valence electrons. The van der Waals surface area contributed by atoms with Gasteiger partial charge in [0, 0.05) is 7.05 Å². The molecule has 12 heavy (non-hydrogen) atoms. The lowest BCUT2D eigenvalue weighted by Gasteiger charge is -2.07. The van der Waals surface area contributed by atoms with E-state index in [1.54, 1.807) is 0 Å². The molecule has 0 spiro atoms. The second-order valence-electron chi connectivity index (χ2n) is 3.47. The van der Waals surface area contributed by atoms with Gasteiger partial charge < -0.3 is 9.57 Å². The molecule has 0 bridgehead atoms. The summed E-state index contributed by atoms with van der Waals surface area (Å²) in [5, 5.41) is 0. The Bertz CT molecular complexity index is 166. The van der Waals surface area contributed by atoms with Crippen LogP contribution >= 0.6 is 0 Å². The molecule has 0 atom stereocenters. The van der Waals surface area contributed by atoms with Crippen LogP contribution < -0.4 is 5.48 Å². The highest BCUT2D eigenvalue weighted by molar-refractivity contribution is 5.59. The first kappa shape index (κ1) is 9.32. The lowest BCUT2D eigenvalue weighted by atomic mass is 10.1. The monoisotopic (exact) mass is 173 g/mol. The van der Waals surface area contributed by atoms with Gasteiger partial charge in [-0.15, -0.1) is 0 Å². The van der Waals surface area contributed by atoms with Gasteiger partial charge in [-0.05, 0) is 24.7 Å². The minimum Gasteiger partial charge on any atom is -0.433 e. The van der Waals surface area contributed by atoms with Gasteiger partial charge in [-0.3, -0.25) is 0 Å². The Balaban J connectivity index is 1.98. The first-order valence-electron chi connectivity index (χ1n) is 4.17. The third-order valence-corrected chi connectivity index (χ3v) is 2.21. The third kappa shape index (κ3) is 3.09. The molecule has 0 aromatic carbocycles. The Morgan fingerprint density at radius 1 is 1.58 bits per heavy atom. The highest BCUT2D eigenvalue weighted by Gasteiger charge is 2.36. The predicted molar refractivity (Wildman–Crippen MR) is 43.5 cm³/mol. The van der Waals surface area contributed by atoms with Crippen LogP contribution in [0.4, 0.5) is 4.79 Å². The fraction of sp³-hybridized carbons (Fsp3) is 0.875. The molecule has 0 unspecified atom stereocenters. The topological polar surface area (TPSA) is 47.6 Å². The van der Waals surface area contributed by atoms with Crippen LogP contribution in [0.5, 0.6) is 0 Å². The van der Waals surface area contributed by atoms with Gasteiger partial charge in [-0.2, -0.15) is 5.48 Å². The van der Waals surface area contributed by atoms with E-state index in [2.05, 4.69) is 17.2 Å². The van der Waals surface area contributed by atoms with Gasteiger partial charge in [0.25, 0.3) is 0 Å². The van der Waals surface area contributed by atoms with E-state index < -0.39 is 6.16 Å². The van der Waals surface area contributed by atoms with E-state index in [-0.39, 0.29) is 0 Å². The first-order chi connectivity index (χ1) is 5.66. The van der Waals surface area contributed by atoms with Gasteiger partial charge in [-0.25, -0.2) is 4.79 Å². The molecular formula is C8H15NO3. The molecule has 0 aromatic rings. The Kier molecular flexibility index (Phi) is 2.92. The fourth-order valence-electron chi connectivity index (χ4n) is 0.957. The third-order valence-electron chi connectivity index (χ3n) is 2.21. The molecule has 1 aliphatic rings. The predicted octanol–water partition coefficient (Wildman–Crippen LogP) is 1.46. The molecule has 1 N–H and O–H groups in total. The van der Waals surface area contributed by atoms with Crippen molar-refractivity contribution in [2.24, 2.45) is 5.41 Å². The van der Waals surface area contributed by atoms with Crippen LogP contribution in [0.2, 0.25) is 0 Å². The van der Waals surface area contributed by atoms with E-state index in [9.17, 15) is 4.79 Å². The van der Waals surface area contributed by atoms with E-state index in [0.29, 0.717) is 12.0 Å². The lowest BCUT2D eigenvalue weighted by Crippen LogP contribution is -2.17. The fourth-order valence-corrected chi connectivity index (χ4v) is 0.957. The van der Waals surface area contributed by atoms with Crippen LogP contribution in [-0.2, 0) is 9.57 Å². The zero-order valence-corrected chi connectivity index (χ0v) is 7.55. The molecule has 4 heteroatoms. The summed E-state index contributed by atoms with van der Waals surface area (Å²) < 4.78 is 4.77. The molecule has 0 aromatic heterocycles. The van der Waals surface area contributed by atoms with E-state index in [0.717, 1.165) is 6.42 Å². The Morgan fingerprint density at radius 3 is 2.75 bits per heavy atom. The number of hydrogen-bond donors (Lipinski definition) is 1. The van der Waals surface area contributed by atoms with Crippen LogP contribution in [-0.4, -0.2) is 19.8 Å². The number of hydrogen-bond acceptors (Lipinski definition) is 4. The van der Waals surface area contributed by atoms with Crippen molar-refractivity contribution in [3.63, 3.8) is 0 Å². The van der Waals surface area contributed by atoms with Crippen molar-refractivity contribution in [1.29, 1.82) is 0 Å². The average molecular weight is 173 g/mol. The number of carbonyl (C=O) groups excluding carboxylic acids is 1. The smallest absolute Gasteiger partial charge is 0.433 e. The number of carbonyl (C=O) groups is 1. The van der Waals surface area contributed by atoms with Crippen molar-refractivity contribution in [3.8, 4) is 0 Å². The van der Waals surface area contributed by atoms with E-state index in [4.69, 9.17) is 4.74 Å². The Morgan fingerprint density at radius 2 is 2.25 bits per heavy atom. The van der Waals surface area contributed by atoms with Crippen molar-refractivity contribution in [3.05, 3.63) is 0 Å². The van der Waals surface area contributed by atoms with Gasteiger partial charge in [0.1, 0.15) is 0 Å². The van der Waals surface area contributed by atoms with E-state index in [1.807, 2.05) is 0 Å². The van der Waals surface area contributed by atoms with Crippen LogP contribution in [0.1, 0.15) is 26.2 Å². The number of nitrogens with one attached hydrogen (secondary N) is 1. The van der Waals surface area contributed by atoms with Crippen LogP contribution in [0.25, 0.3) is 0 Å². The van der Waals surface area contributed by atoms with Crippen molar-refractivity contribution in [1.82, 2.24) is 5.48 Å². The summed E-state index contributed by atoms with van der Waals surface area (Å²) in [7, 11) is 1.52.